The summed E-state index contributed by atoms with van der Waals surface area (Å²) in [6.45, 7) is 3.36. The van der Waals surface area contributed by atoms with Crippen molar-refractivity contribution in [1.29, 1.82) is 0 Å². The quantitative estimate of drug-likeness (QED) is 0.190. The van der Waals surface area contributed by atoms with Gasteiger partial charge >= 0.3 is 0 Å². The molecule has 3 heterocycles. The third-order valence-corrected chi connectivity index (χ3v) is 8.68. The Kier molecular flexibility index (Phi) is 8.98. The Labute approximate surface area is 261 Å². The van der Waals surface area contributed by atoms with E-state index >= 15 is 0 Å². The predicted octanol–water partition coefficient (Wildman–Crippen LogP) is 6.15. The van der Waals surface area contributed by atoms with Crippen LogP contribution < -0.4 is 0 Å². The van der Waals surface area contributed by atoms with Gasteiger partial charge in [0.05, 0.1) is 10.7 Å². The highest BCUT2D eigenvalue weighted by Gasteiger charge is 2.34. The van der Waals surface area contributed by atoms with Gasteiger partial charge < -0.3 is 9.80 Å². The Bertz CT molecular complexity index is 1750. The van der Waals surface area contributed by atoms with Gasteiger partial charge in [0.2, 0.25) is 11.8 Å². The predicted molar refractivity (Wildman–Crippen MR) is 173 cm³/mol. The minimum Gasteiger partial charge on any atom is -0.336 e. The van der Waals surface area contributed by atoms with E-state index in [1.807, 2.05) is 83.9 Å². The fraction of sp³-hybridized carbons (Fsp3) is 0.194. The largest absolute Gasteiger partial charge is 0.336 e. The highest BCUT2D eigenvalue weighted by molar-refractivity contribution is 7.09. The topological polar surface area (TPSA) is 79.3 Å². The molecule has 1 aliphatic rings. The number of rotatable bonds is 9. The van der Waals surface area contributed by atoms with Crippen molar-refractivity contribution in [3.8, 4) is 11.1 Å². The molecule has 0 bridgehead atoms. The molecule has 0 saturated carbocycles. The summed E-state index contributed by atoms with van der Waals surface area (Å²) in [4.78, 5) is 44.9. The van der Waals surface area contributed by atoms with Crippen LogP contribution in [-0.4, -0.2) is 49.2 Å². The highest BCUT2D eigenvalue weighted by atomic mass is 32.1. The first-order valence-corrected chi connectivity index (χ1v) is 15.6. The van der Waals surface area contributed by atoms with E-state index in [1.165, 1.54) is 23.2 Å². The molecule has 44 heavy (non-hydrogen) atoms. The van der Waals surface area contributed by atoms with Crippen molar-refractivity contribution >= 4 is 29.2 Å². The van der Waals surface area contributed by atoms with Crippen LogP contribution in [0.4, 0.5) is 0 Å². The molecule has 0 N–H and O–H groups in total. The summed E-state index contributed by atoms with van der Waals surface area (Å²) in [5.41, 5.74) is 6.98. The summed E-state index contributed by atoms with van der Waals surface area (Å²) in [5.74, 6) is -0.282. The van der Waals surface area contributed by atoms with E-state index in [9.17, 15) is 9.59 Å². The molecular weight excluding hydrogens is 566 g/mol. The summed E-state index contributed by atoms with van der Waals surface area (Å²) in [6, 6.07) is 25.5. The maximum atomic E-state index is 14.4. The lowest BCUT2D eigenvalue weighted by Crippen LogP contribution is -2.52. The van der Waals surface area contributed by atoms with E-state index in [0.717, 1.165) is 44.9 Å². The molecule has 1 aliphatic heterocycles. The minimum atomic E-state index is -0.695. The van der Waals surface area contributed by atoms with Crippen molar-refractivity contribution in [1.82, 2.24) is 24.8 Å². The van der Waals surface area contributed by atoms with Gasteiger partial charge in [0.1, 0.15) is 12.4 Å². The van der Waals surface area contributed by atoms with E-state index in [2.05, 4.69) is 27.1 Å². The first-order chi connectivity index (χ1) is 21.5. The van der Waals surface area contributed by atoms with Crippen LogP contribution in [0.15, 0.2) is 109 Å². The van der Waals surface area contributed by atoms with Gasteiger partial charge in [0.15, 0.2) is 0 Å². The first-order valence-electron chi connectivity index (χ1n) is 14.7. The molecule has 3 aromatic carbocycles. The zero-order valence-corrected chi connectivity index (χ0v) is 25.4. The average molecular weight is 600 g/mol. The molecule has 1 atom stereocenters. The number of fused-ring (bicyclic) bond motifs is 1. The Morgan fingerprint density at radius 1 is 0.909 bits per heavy atom. The Balaban J connectivity index is 1.34. The number of hydrogen-bond acceptors (Lipinski definition) is 6. The minimum absolute atomic E-state index is 0.0485. The first kappa shape index (κ1) is 29.1. The second-order valence-corrected chi connectivity index (χ2v) is 12.0. The van der Waals surface area contributed by atoms with Crippen LogP contribution in [0.3, 0.4) is 0 Å². The number of aromatic nitrogens is 3. The summed E-state index contributed by atoms with van der Waals surface area (Å²) in [6.07, 6.45) is 9.53. The molecule has 0 spiro atoms. The fourth-order valence-corrected chi connectivity index (χ4v) is 6.14. The van der Waals surface area contributed by atoms with Crippen LogP contribution in [0.25, 0.3) is 17.2 Å². The molecule has 8 heteroatoms. The lowest BCUT2D eigenvalue weighted by atomic mass is 9.97. The van der Waals surface area contributed by atoms with Gasteiger partial charge in [-0.2, -0.15) is 0 Å². The molecule has 0 fully saturated rings. The van der Waals surface area contributed by atoms with Crippen LogP contribution in [0.2, 0.25) is 0 Å². The molecule has 2 amide bonds. The number of amides is 2. The maximum absolute atomic E-state index is 14.4. The van der Waals surface area contributed by atoms with E-state index in [1.54, 1.807) is 29.4 Å². The van der Waals surface area contributed by atoms with E-state index in [0.29, 0.717) is 19.5 Å². The summed E-state index contributed by atoms with van der Waals surface area (Å²) in [7, 11) is 0. The van der Waals surface area contributed by atoms with Gasteiger partial charge in [-0.25, -0.2) is 15.0 Å². The van der Waals surface area contributed by atoms with Crippen LogP contribution in [0.5, 0.6) is 0 Å². The number of aryl methyl sites for hydroxylation is 1. The molecule has 220 valence electrons. The monoisotopic (exact) mass is 599 g/mol. The Hall–Kier alpha value is -4.95. The van der Waals surface area contributed by atoms with Crippen molar-refractivity contribution in [2.45, 2.75) is 38.9 Å². The van der Waals surface area contributed by atoms with Gasteiger partial charge in [-0.15, -0.1) is 11.3 Å². The van der Waals surface area contributed by atoms with E-state index in [-0.39, 0.29) is 18.4 Å². The van der Waals surface area contributed by atoms with Crippen molar-refractivity contribution in [2.75, 3.05) is 6.54 Å². The molecule has 0 unspecified atom stereocenters. The standard InChI is InChI=1S/C36H33N5O2S/c1-26-39-33(24-44-26)15-16-35(42)41(22-28-11-13-30(14-12-28)32-20-37-25-38-21-32)34(19-27-7-3-2-4-8-27)36(43)40-18-17-29-9-5-6-10-31(29)23-40/h2-16,20-21,24-25,34H,17-19,22-23H2,1H3/t34-/m0/s1. The van der Waals surface area contributed by atoms with Gasteiger partial charge in [-0.3, -0.25) is 9.59 Å². The molecule has 0 saturated heterocycles. The third-order valence-electron chi connectivity index (χ3n) is 7.89. The number of benzene rings is 3. The second-order valence-electron chi connectivity index (χ2n) is 10.9. The number of thiazole rings is 1. The highest BCUT2D eigenvalue weighted by Crippen LogP contribution is 2.24. The summed E-state index contributed by atoms with van der Waals surface area (Å²) < 4.78 is 0. The summed E-state index contributed by atoms with van der Waals surface area (Å²) >= 11 is 1.54. The fourth-order valence-electron chi connectivity index (χ4n) is 5.56. The molecular formula is C36H33N5O2S. The van der Waals surface area contributed by atoms with Gasteiger partial charge in [-0.1, -0.05) is 78.9 Å². The van der Waals surface area contributed by atoms with Crippen LogP contribution in [0.1, 0.15) is 33.0 Å². The SMILES string of the molecule is Cc1nc(C=CC(=O)N(Cc2ccc(-c3cncnc3)cc2)[C@@H](Cc2ccccc2)C(=O)N2CCc3ccccc3C2)cs1. The smallest absolute Gasteiger partial charge is 0.247 e. The Morgan fingerprint density at radius 3 is 2.36 bits per heavy atom. The zero-order valence-electron chi connectivity index (χ0n) is 24.5. The molecule has 0 aliphatic carbocycles. The number of carbonyl (C=O) groups excluding carboxylic acids is 2. The lowest BCUT2D eigenvalue weighted by molar-refractivity contribution is -0.144. The lowest BCUT2D eigenvalue weighted by Gasteiger charge is -2.37. The molecule has 2 aromatic heterocycles. The molecule has 6 rings (SSSR count). The third kappa shape index (κ3) is 6.98. The van der Waals surface area contributed by atoms with Crippen molar-refractivity contribution in [2.24, 2.45) is 0 Å². The van der Waals surface area contributed by atoms with E-state index < -0.39 is 6.04 Å². The number of carbonyl (C=O) groups is 2. The normalized spacial score (nSPS) is 13.4. The summed E-state index contributed by atoms with van der Waals surface area (Å²) in [5, 5.41) is 2.85. The average Bonchev–Trinajstić information content (AvgIpc) is 3.50. The van der Waals surface area contributed by atoms with Gasteiger partial charge in [0, 0.05) is 55.5 Å². The van der Waals surface area contributed by atoms with Crippen molar-refractivity contribution in [3.05, 3.63) is 142 Å². The van der Waals surface area contributed by atoms with Gasteiger partial charge in [-0.05, 0) is 47.2 Å². The zero-order chi connectivity index (χ0) is 30.3. The second kappa shape index (κ2) is 13.6. The maximum Gasteiger partial charge on any atom is 0.247 e. The van der Waals surface area contributed by atoms with Gasteiger partial charge in [0.25, 0.3) is 0 Å². The van der Waals surface area contributed by atoms with Crippen molar-refractivity contribution in [3.63, 3.8) is 0 Å². The van der Waals surface area contributed by atoms with Crippen LogP contribution in [0, 0.1) is 6.92 Å². The van der Waals surface area contributed by atoms with Crippen molar-refractivity contribution < 1.29 is 9.59 Å². The number of hydrogen-bond donors (Lipinski definition) is 0. The van der Waals surface area contributed by atoms with Crippen LogP contribution >= 0.6 is 11.3 Å². The molecule has 5 aromatic rings. The Morgan fingerprint density at radius 2 is 1.64 bits per heavy atom. The molecule has 7 nitrogen and oxygen atoms in total. The van der Waals surface area contributed by atoms with Crippen LogP contribution in [-0.2, 0) is 35.5 Å². The molecule has 0 radical (unpaired) electrons. The number of nitrogens with zero attached hydrogens (tertiary/aromatic N) is 5. The van der Waals surface area contributed by atoms with E-state index in [4.69, 9.17) is 0 Å².